The summed E-state index contributed by atoms with van der Waals surface area (Å²) in [6.45, 7) is 2.37. The number of hydrogen-bond donors (Lipinski definition) is 2. The molecule has 0 radical (unpaired) electrons. The molecule has 2 heterocycles. The predicted molar refractivity (Wildman–Crippen MR) is 121 cm³/mol. The number of aromatic amines is 1. The van der Waals surface area contributed by atoms with Gasteiger partial charge in [-0.2, -0.15) is 5.10 Å². The Morgan fingerprint density at radius 1 is 1.23 bits per heavy atom. The van der Waals surface area contributed by atoms with Crippen molar-refractivity contribution in [2.24, 2.45) is 0 Å². The van der Waals surface area contributed by atoms with Crippen LogP contribution in [0, 0.1) is 0 Å². The molecule has 2 aromatic carbocycles. The molecule has 0 aliphatic carbocycles. The van der Waals surface area contributed by atoms with Crippen molar-refractivity contribution in [3.8, 4) is 11.4 Å². The van der Waals surface area contributed by atoms with Crippen molar-refractivity contribution in [3.63, 3.8) is 0 Å². The number of nitrogens with one attached hydrogen (secondary N) is 2. The van der Waals surface area contributed by atoms with Crippen LogP contribution in [-0.2, 0) is 4.79 Å². The fourth-order valence-corrected chi connectivity index (χ4v) is 3.69. The Kier molecular flexibility index (Phi) is 6.24. The molecule has 0 spiro atoms. The highest BCUT2D eigenvalue weighted by Crippen LogP contribution is 2.24. The van der Waals surface area contributed by atoms with Gasteiger partial charge in [0, 0.05) is 5.02 Å². The smallest absolute Gasteiger partial charge is 0.262 e. The van der Waals surface area contributed by atoms with E-state index < -0.39 is 0 Å². The van der Waals surface area contributed by atoms with Gasteiger partial charge in [-0.3, -0.25) is 9.59 Å². The van der Waals surface area contributed by atoms with E-state index in [9.17, 15) is 9.59 Å². The number of aromatic nitrogens is 4. The Morgan fingerprint density at radius 3 is 2.77 bits per heavy atom. The Hall–Kier alpha value is -3.30. The normalized spacial score (nSPS) is 10.9. The van der Waals surface area contributed by atoms with Crippen LogP contribution in [0.25, 0.3) is 16.7 Å². The number of thioether (sulfide) groups is 1. The van der Waals surface area contributed by atoms with Gasteiger partial charge in [-0.1, -0.05) is 35.5 Å². The highest BCUT2D eigenvalue weighted by atomic mass is 35.5. The molecule has 4 rings (SSSR count). The van der Waals surface area contributed by atoms with Crippen molar-refractivity contribution in [2.75, 3.05) is 17.7 Å². The summed E-state index contributed by atoms with van der Waals surface area (Å²) < 4.78 is 7.08. The quantitative estimate of drug-likeness (QED) is 0.324. The van der Waals surface area contributed by atoms with Crippen LogP contribution in [0.4, 0.5) is 5.69 Å². The second kappa shape index (κ2) is 9.23. The number of ether oxygens (including phenoxy) is 1. The standard InChI is InChI=1S/C21H18ClN5O3S/c1-2-30-17-6-4-3-5-16(17)24-18(28)12-31-21-25-19-15(20(29)26-21)11-23-27(19)14-9-7-13(22)8-10-14/h3-11H,2,12H2,1H3,(H,24,28)(H,25,26,29). The van der Waals surface area contributed by atoms with Gasteiger partial charge >= 0.3 is 0 Å². The van der Waals surface area contributed by atoms with Crippen LogP contribution in [0.5, 0.6) is 5.75 Å². The Labute approximate surface area is 186 Å². The second-order valence-corrected chi connectivity index (χ2v) is 7.81. The number of carbonyl (C=O) groups is 1. The van der Waals surface area contributed by atoms with E-state index in [1.165, 1.54) is 6.20 Å². The lowest BCUT2D eigenvalue weighted by Crippen LogP contribution is -2.16. The number of H-pyrrole nitrogens is 1. The second-order valence-electron chi connectivity index (χ2n) is 6.41. The molecule has 4 aromatic rings. The molecule has 0 aliphatic rings. The monoisotopic (exact) mass is 455 g/mol. The van der Waals surface area contributed by atoms with Crippen molar-refractivity contribution in [1.82, 2.24) is 19.7 Å². The van der Waals surface area contributed by atoms with Crippen LogP contribution >= 0.6 is 23.4 Å². The third-order valence-electron chi connectivity index (χ3n) is 4.29. The van der Waals surface area contributed by atoms with Gasteiger partial charge in [0.15, 0.2) is 10.8 Å². The summed E-state index contributed by atoms with van der Waals surface area (Å²) in [5, 5.41) is 8.36. The highest BCUT2D eigenvalue weighted by Gasteiger charge is 2.14. The van der Waals surface area contributed by atoms with E-state index in [-0.39, 0.29) is 17.2 Å². The first kappa shape index (κ1) is 21.0. The van der Waals surface area contributed by atoms with Gasteiger partial charge in [0.25, 0.3) is 5.56 Å². The fraction of sp³-hybridized carbons (Fsp3) is 0.143. The van der Waals surface area contributed by atoms with Crippen molar-refractivity contribution >= 4 is 46.0 Å². The molecule has 2 N–H and O–H groups in total. The maximum Gasteiger partial charge on any atom is 0.262 e. The van der Waals surface area contributed by atoms with Gasteiger partial charge in [-0.15, -0.1) is 0 Å². The lowest BCUT2D eigenvalue weighted by molar-refractivity contribution is -0.113. The zero-order chi connectivity index (χ0) is 21.8. The van der Waals surface area contributed by atoms with E-state index in [2.05, 4.69) is 20.4 Å². The van der Waals surface area contributed by atoms with Crippen LogP contribution in [-0.4, -0.2) is 38.0 Å². The number of amides is 1. The van der Waals surface area contributed by atoms with Crippen LogP contribution in [0.15, 0.2) is 64.7 Å². The van der Waals surface area contributed by atoms with Crippen molar-refractivity contribution in [2.45, 2.75) is 12.1 Å². The minimum Gasteiger partial charge on any atom is -0.492 e. The number of para-hydroxylation sites is 2. The maximum atomic E-state index is 12.5. The SMILES string of the molecule is CCOc1ccccc1NC(=O)CSc1nc2c(cnn2-c2ccc(Cl)cc2)c(=O)[nH]1. The first-order valence-electron chi connectivity index (χ1n) is 9.43. The Bertz CT molecular complexity index is 1290. The van der Waals surface area contributed by atoms with Crippen molar-refractivity contribution in [3.05, 3.63) is 70.1 Å². The van der Waals surface area contributed by atoms with Crippen LogP contribution in [0.1, 0.15) is 6.92 Å². The van der Waals surface area contributed by atoms with E-state index in [1.54, 1.807) is 41.1 Å². The third-order valence-corrected chi connectivity index (χ3v) is 5.41. The van der Waals surface area contributed by atoms with Gasteiger partial charge < -0.3 is 15.0 Å². The molecule has 0 unspecified atom stereocenters. The molecule has 0 bridgehead atoms. The third kappa shape index (κ3) is 4.73. The van der Waals surface area contributed by atoms with E-state index in [1.807, 2.05) is 19.1 Å². The van der Waals surface area contributed by atoms with Crippen molar-refractivity contribution in [1.29, 1.82) is 0 Å². The number of halogens is 1. The van der Waals surface area contributed by atoms with Gasteiger partial charge in [-0.25, -0.2) is 9.67 Å². The Balaban J connectivity index is 1.52. The number of anilines is 1. The van der Waals surface area contributed by atoms with E-state index in [0.29, 0.717) is 39.3 Å². The van der Waals surface area contributed by atoms with Crippen LogP contribution < -0.4 is 15.6 Å². The highest BCUT2D eigenvalue weighted by molar-refractivity contribution is 7.99. The molecule has 31 heavy (non-hydrogen) atoms. The topological polar surface area (TPSA) is 102 Å². The maximum absolute atomic E-state index is 12.5. The summed E-state index contributed by atoms with van der Waals surface area (Å²) in [7, 11) is 0. The summed E-state index contributed by atoms with van der Waals surface area (Å²) in [5.41, 5.74) is 1.39. The predicted octanol–water partition coefficient (Wildman–Crippen LogP) is 3.89. The van der Waals surface area contributed by atoms with Crippen molar-refractivity contribution < 1.29 is 9.53 Å². The summed E-state index contributed by atoms with van der Waals surface area (Å²) >= 11 is 7.07. The molecule has 1 amide bonds. The summed E-state index contributed by atoms with van der Waals surface area (Å²) in [6, 6.07) is 14.2. The number of rotatable bonds is 7. The number of hydrogen-bond acceptors (Lipinski definition) is 6. The first-order chi connectivity index (χ1) is 15.0. The molecule has 158 valence electrons. The number of benzene rings is 2. The Morgan fingerprint density at radius 2 is 2.00 bits per heavy atom. The molecular formula is C21H18ClN5O3S. The lowest BCUT2D eigenvalue weighted by atomic mass is 10.3. The number of nitrogens with zero attached hydrogens (tertiary/aromatic N) is 3. The van der Waals surface area contributed by atoms with Crippen LogP contribution in [0.3, 0.4) is 0 Å². The van der Waals surface area contributed by atoms with Gasteiger partial charge in [0.05, 0.1) is 29.9 Å². The number of carbonyl (C=O) groups excluding carboxylic acids is 1. The summed E-state index contributed by atoms with van der Waals surface area (Å²) in [6.07, 6.45) is 1.46. The zero-order valence-corrected chi connectivity index (χ0v) is 18.0. The van der Waals surface area contributed by atoms with Gasteiger partial charge in [0.1, 0.15) is 11.1 Å². The summed E-state index contributed by atoms with van der Waals surface area (Å²) in [5.74, 6) is 0.415. The molecule has 0 saturated heterocycles. The molecule has 0 aliphatic heterocycles. The van der Waals surface area contributed by atoms with E-state index in [4.69, 9.17) is 16.3 Å². The average molecular weight is 456 g/mol. The van der Waals surface area contributed by atoms with Gasteiger partial charge in [0.2, 0.25) is 5.91 Å². The van der Waals surface area contributed by atoms with E-state index >= 15 is 0 Å². The zero-order valence-electron chi connectivity index (χ0n) is 16.5. The molecule has 10 heteroatoms. The molecule has 2 aromatic heterocycles. The van der Waals surface area contributed by atoms with Gasteiger partial charge in [-0.05, 0) is 43.3 Å². The fourth-order valence-electron chi connectivity index (χ4n) is 2.91. The number of fused-ring (bicyclic) bond motifs is 1. The average Bonchev–Trinajstić information content (AvgIpc) is 3.19. The molecule has 8 nitrogen and oxygen atoms in total. The lowest BCUT2D eigenvalue weighted by Gasteiger charge is -2.11. The molecule has 0 atom stereocenters. The van der Waals surface area contributed by atoms with E-state index in [0.717, 1.165) is 17.4 Å². The largest absolute Gasteiger partial charge is 0.492 e. The molecular weight excluding hydrogens is 438 g/mol. The molecule has 0 fully saturated rings. The van der Waals surface area contributed by atoms with Crippen LogP contribution in [0.2, 0.25) is 5.02 Å². The first-order valence-corrected chi connectivity index (χ1v) is 10.8. The minimum absolute atomic E-state index is 0.0595. The minimum atomic E-state index is -0.324. The summed E-state index contributed by atoms with van der Waals surface area (Å²) in [4.78, 5) is 32.1. The molecule has 0 saturated carbocycles.